The number of rotatable bonds is 0. The fraction of sp³-hybridized carbons (Fsp3) is 0. The first-order valence-electron chi connectivity index (χ1n) is 4.10. The number of amides is 1. The van der Waals surface area contributed by atoms with Gasteiger partial charge in [0.1, 0.15) is 0 Å². The average molecular weight is 188 g/mol. The van der Waals surface area contributed by atoms with Gasteiger partial charge in [-0.3, -0.25) is 9.36 Å². The Morgan fingerprint density at radius 2 is 1.93 bits per heavy atom. The minimum Gasteiger partial charge on any atom is -0.351 e. The molecule has 0 unspecified atom stereocenters. The number of primary amides is 1. The van der Waals surface area contributed by atoms with Gasteiger partial charge in [-0.15, -0.1) is 0 Å². The molecule has 0 radical (unpaired) electrons. The van der Waals surface area contributed by atoms with E-state index in [1.165, 1.54) is 16.8 Å². The first-order chi connectivity index (χ1) is 6.70. The van der Waals surface area contributed by atoms with Crippen LogP contribution in [0.2, 0.25) is 0 Å². The van der Waals surface area contributed by atoms with Crippen molar-refractivity contribution in [3.63, 3.8) is 0 Å². The number of nitrogens with zero attached hydrogens (tertiary/aromatic N) is 1. The van der Waals surface area contributed by atoms with Crippen LogP contribution in [0.1, 0.15) is 0 Å². The second kappa shape index (κ2) is 2.99. The number of benzene rings is 1. The van der Waals surface area contributed by atoms with Gasteiger partial charge in [-0.25, -0.2) is 4.79 Å². The van der Waals surface area contributed by atoms with E-state index in [2.05, 4.69) is 0 Å². The van der Waals surface area contributed by atoms with E-state index in [4.69, 9.17) is 5.73 Å². The van der Waals surface area contributed by atoms with Crippen LogP contribution in [0, 0.1) is 0 Å². The molecule has 0 aliphatic rings. The molecule has 0 fully saturated rings. The molecule has 0 spiro atoms. The van der Waals surface area contributed by atoms with E-state index < -0.39 is 6.03 Å². The molecule has 0 saturated heterocycles. The van der Waals surface area contributed by atoms with E-state index in [0.717, 1.165) is 0 Å². The quantitative estimate of drug-likeness (QED) is 0.668. The van der Waals surface area contributed by atoms with Crippen LogP contribution in [0.3, 0.4) is 0 Å². The molecule has 0 aliphatic carbocycles. The van der Waals surface area contributed by atoms with Crippen LogP contribution in [0.15, 0.2) is 41.3 Å². The van der Waals surface area contributed by atoms with Gasteiger partial charge in [0.05, 0.1) is 5.52 Å². The zero-order valence-electron chi connectivity index (χ0n) is 7.31. The van der Waals surface area contributed by atoms with E-state index in [1.54, 1.807) is 24.3 Å². The number of nitrogens with two attached hydrogens (primary N) is 1. The maximum absolute atomic E-state index is 11.4. The largest absolute Gasteiger partial charge is 0.351 e. The second-order valence-corrected chi connectivity index (χ2v) is 2.91. The number of carbonyl (C=O) groups is 1. The normalized spacial score (nSPS) is 10.3. The Kier molecular flexibility index (Phi) is 1.81. The standard InChI is InChI=1S/C10H8N2O2/c11-10(14)12-6-5-9(13)7-3-1-2-4-8(7)12/h1-6H,(H2,11,14). The number of aromatic nitrogens is 1. The van der Waals surface area contributed by atoms with Gasteiger partial charge in [0.25, 0.3) is 0 Å². The smallest absolute Gasteiger partial charge is 0.323 e. The lowest BCUT2D eigenvalue weighted by atomic mass is 10.2. The monoisotopic (exact) mass is 188 g/mol. The summed E-state index contributed by atoms with van der Waals surface area (Å²) in [6, 6.07) is 7.57. The van der Waals surface area contributed by atoms with Gasteiger partial charge in [0.2, 0.25) is 0 Å². The molecule has 0 aliphatic heterocycles. The Labute approximate surface area is 79.6 Å². The molecule has 14 heavy (non-hydrogen) atoms. The van der Waals surface area contributed by atoms with Gasteiger partial charge in [-0.2, -0.15) is 0 Å². The maximum Gasteiger partial charge on any atom is 0.323 e. The fourth-order valence-corrected chi connectivity index (χ4v) is 1.40. The number of hydrogen-bond donors (Lipinski definition) is 1. The van der Waals surface area contributed by atoms with Gasteiger partial charge in [-0.05, 0) is 12.1 Å². The summed E-state index contributed by atoms with van der Waals surface area (Å²) in [6.45, 7) is 0. The molecular formula is C10H8N2O2. The zero-order chi connectivity index (χ0) is 10.1. The highest BCUT2D eigenvalue weighted by Gasteiger charge is 2.04. The highest BCUT2D eigenvalue weighted by molar-refractivity contribution is 5.89. The number of hydrogen-bond acceptors (Lipinski definition) is 2. The molecule has 0 atom stereocenters. The Bertz CT molecular complexity index is 557. The number of pyridine rings is 1. The predicted octanol–water partition coefficient (Wildman–Crippen LogP) is 0.928. The number of para-hydroxylation sites is 1. The highest BCUT2D eigenvalue weighted by Crippen LogP contribution is 2.08. The Morgan fingerprint density at radius 3 is 2.64 bits per heavy atom. The molecule has 1 heterocycles. The predicted molar refractivity (Wildman–Crippen MR) is 53.2 cm³/mol. The fourth-order valence-electron chi connectivity index (χ4n) is 1.40. The molecule has 4 heteroatoms. The maximum atomic E-state index is 11.4. The summed E-state index contributed by atoms with van der Waals surface area (Å²) in [4.78, 5) is 22.4. The average Bonchev–Trinajstić information content (AvgIpc) is 2.18. The third-order valence-electron chi connectivity index (χ3n) is 2.04. The topological polar surface area (TPSA) is 65.1 Å². The summed E-state index contributed by atoms with van der Waals surface area (Å²) in [6.07, 6.45) is 1.38. The van der Waals surface area contributed by atoms with E-state index >= 15 is 0 Å². The van der Waals surface area contributed by atoms with Gasteiger partial charge < -0.3 is 5.73 Å². The summed E-state index contributed by atoms with van der Waals surface area (Å²) in [7, 11) is 0. The molecule has 2 N–H and O–H groups in total. The van der Waals surface area contributed by atoms with E-state index in [1.807, 2.05) is 0 Å². The number of fused-ring (bicyclic) bond motifs is 1. The van der Waals surface area contributed by atoms with Crippen LogP contribution >= 0.6 is 0 Å². The van der Waals surface area contributed by atoms with Crippen molar-refractivity contribution in [2.45, 2.75) is 0 Å². The first kappa shape index (κ1) is 8.50. The zero-order valence-corrected chi connectivity index (χ0v) is 7.31. The summed E-state index contributed by atoms with van der Waals surface area (Å²) < 4.78 is 1.25. The Balaban J connectivity index is 2.96. The van der Waals surface area contributed by atoms with Crippen LogP contribution in [-0.2, 0) is 0 Å². The van der Waals surface area contributed by atoms with Crippen LogP contribution in [0.25, 0.3) is 10.9 Å². The van der Waals surface area contributed by atoms with Crippen molar-refractivity contribution in [2.24, 2.45) is 5.73 Å². The first-order valence-corrected chi connectivity index (χ1v) is 4.10. The summed E-state index contributed by atoms with van der Waals surface area (Å²) in [5.74, 6) is 0. The van der Waals surface area contributed by atoms with Crippen LogP contribution in [-0.4, -0.2) is 10.6 Å². The van der Waals surface area contributed by atoms with Crippen molar-refractivity contribution in [3.8, 4) is 0 Å². The van der Waals surface area contributed by atoms with Crippen molar-refractivity contribution in [2.75, 3.05) is 0 Å². The lowest BCUT2D eigenvalue weighted by molar-refractivity contribution is 0.251. The van der Waals surface area contributed by atoms with Crippen LogP contribution in [0.5, 0.6) is 0 Å². The molecule has 1 aromatic carbocycles. The van der Waals surface area contributed by atoms with E-state index in [9.17, 15) is 9.59 Å². The molecule has 1 aromatic heterocycles. The van der Waals surface area contributed by atoms with Crippen molar-refractivity contribution in [1.29, 1.82) is 0 Å². The van der Waals surface area contributed by atoms with Gasteiger partial charge in [0.15, 0.2) is 5.43 Å². The third kappa shape index (κ3) is 1.17. The highest BCUT2D eigenvalue weighted by atomic mass is 16.2. The SMILES string of the molecule is NC(=O)n1ccc(=O)c2ccccc21. The Hall–Kier alpha value is -2.10. The third-order valence-corrected chi connectivity index (χ3v) is 2.04. The molecule has 0 saturated carbocycles. The van der Waals surface area contributed by atoms with Crippen molar-refractivity contribution in [3.05, 3.63) is 46.8 Å². The van der Waals surface area contributed by atoms with Crippen LogP contribution in [0.4, 0.5) is 4.79 Å². The molecule has 2 rings (SSSR count). The summed E-state index contributed by atoms with van der Waals surface area (Å²) in [5.41, 5.74) is 5.57. The molecule has 4 nitrogen and oxygen atoms in total. The van der Waals surface area contributed by atoms with Gasteiger partial charge in [-0.1, -0.05) is 12.1 Å². The molecule has 0 bridgehead atoms. The lowest BCUT2D eigenvalue weighted by Crippen LogP contribution is -2.21. The summed E-state index contributed by atoms with van der Waals surface area (Å²) >= 11 is 0. The van der Waals surface area contributed by atoms with Crippen molar-refractivity contribution < 1.29 is 4.79 Å². The van der Waals surface area contributed by atoms with Crippen molar-refractivity contribution >= 4 is 16.9 Å². The Morgan fingerprint density at radius 1 is 1.21 bits per heavy atom. The minimum absolute atomic E-state index is 0.113. The second-order valence-electron chi connectivity index (χ2n) is 2.91. The molecule has 2 aromatic rings. The lowest BCUT2D eigenvalue weighted by Gasteiger charge is -2.04. The van der Waals surface area contributed by atoms with Gasteiger partial charge in [0, 0.05) is 17.6 Å². The summed E-state index contributed by atoms with van der Waals surface area (Å²) in [5, 5.41) is 0.494. The molecule has 1 amide bonds. The van der Waals surface area contributed by atoms with Crippen molar-refractivity contribution in [1.82, 2.24) is 4.57 Å². The molecular weight excluding hydrogens is 180 g/mol. The minimum atomic E-state index is -0.596. The number of carbonyl (C=O) groups excluding carboxylic acids is 1. The van der Waals surface area contributed by atoms with E-state index in [-0.39, 0.29) is 5.43 Å². The molecule has 70 valence electrons. The van der Waals surface area contributed by atoms with Crippen LogP contribution < -0.4 is 11.2 Å². The van der Waals surface area contributed by atoms with E-state index in [0.29, 0.717) is 10.9 Å². The van der Waals surface area contributed by atoms with Gasteiger partial charge >= 0.3 is 6.03 Å².